The molecule has 1 fully saturated rings. The van der Waals surface area contributed by atoms with E-state index < -0.39 is 6.17 Å². The molecule has 0 radical (unpaired) electrons. The number of rotatable bonds is 4. The van der Waals surface area contributed by atoms with Crippen LogP contribution < -0.4 is 0 Å². The quantitative estimate of drug-likeness (QED) is 0.826. The number of nitrogens with zero attached hydrogens (tertiary/aromatic N) is 5. The van der Waals surface area contributed by atoms with Gasteiger partial charge in [-0.15, -0.1) is 5.10 Å². The van der Waals surface area contributed by atoms with Gasteiger partial charge in [0.25, 0.3) is 11.8 Å². The van der Waals surface area contributed by atoms with Crippen molar-refractivity contribution in [2.45, 2.75) is 25.2 Å². The van der Waals surface area contributed by atoms with Gasteiger partial charge >= 0.3 is 0 Å². The average Bonchev–Trinajstić information content (AvgIpc) is 3.27. The first-order valence-electron chi connectivity index (χ1n) is 7.56. The Hall–Kier alpha value is -2.71. The number of amides is 2. The lowest BCUT2D eigenvalue weighted by atomic mass is 10.2. The van der Waals surface area contributed by atoms with Crippen LogP contribution in [0.4, 0.5) is 4.39 Å². The van der Waals surface area contributed by atoms with E-state index in [4.69, 9.17) is 4.42 Å². The van der Waals surface area contributed by atoms with Gasteiger partial charge in [0.15, 0.2) is 11.5 Å². The van der Waals surface area contributed by atoms with Gasteiger partial charge < -0.3 is 14.2 Å². The molecule has 0 saturated carbocycles. The van der Waals surface area contributed by atoms with Gasteiger partial charge in [-0.05, 0) is 12.1 Å². The Labute approximate surface area is 137 Å². The lowest BCUT2D eigenvalue weighted by molar-refractivity contribution is 0.0681. The normalized spacial score (nSPS) is 20.4. The van der Waals surface area contributed by atoms with Crippen LogP contribution in [0.25, 0.3) is 0 Å². The number of halogens is 1. The van der Waals surface area contributed by atoms with Gasteiger partial charge in [-0.2, -0.15) is 0 Å². The Morgan fingerprint density at radius 1 is 1.46 bits per heavy atom. The van der Waals surface area contributed by atoms with E-state index in [-0.39, 0.29) is 48.8 Å². The van der Waals surface area contributed by atoms with E-state index in [1.165, 1.54) is 26.9 Å². The van der Waals surface area contributed by atoms with Crippen LogP contribution in [0.5, 0.6) is 0 Å². The summed E-state index contributed by atoms with van der Waals surface area (Å²) >= 11 is 0. The second-order valence-electron chi connectivity index (χ2n) is 5.95. The summed E-state index contributed by atoms with van der Waals surface area (Å²) in [6.45, 7) is 0.281. The highest BCUT2D eigenvalue weighted by Crippen LogP contribution is 2.24. The molecule has 2 amide bonds. The Morgan fingerprint density at radius 3 is 2.92 bits per heavy atom. The number of furan rings is 1. The Balaban J connectivity index is 1.73. The lowest BCUT2D eigenvalue weighted by Gasteiger charge is -2.23. The molecule has 9 heteroatoms. The minimum atomic E-state index is -1.10. The molecule has 1 saturated heterocycles. The number of carbonyl (C=O) groups is 2. The molecule has 2 aromatic heterocycles. The summed E-state index contributed by atoms with van der Waals surface area (Å²) in [6.07, 6.45) is 2.02. The lowest BCUT2D eigenvalue weighted by Crippen LogP contribution is -2.38. The monoisotopic (exact) mass is 335 g/mol. The zero-order valence-corrected chi connectivity index (χ0v) is 13.4. The second kappa shape index (κ2) is 6.42. The van der Waals surface area contributed by atoms with Crippen LogP contribution in [0, 0.1) is 0 Å². The van der Waals surface area contributed by atoms with Crippen LogP contribution in [0.15, 0.2) is 29.0 Å². The van der Waals surface area contributed by atoms with Gasteiger partial charge in [-0.25, -0.2) is 9.07 Å². The van der Waals surface area contributed by atoms with Crippen LogP contribution in [-0.4, -0.2) is 69.5 Å². The summed E-state index contributed by atoms with van der Waals surface area (Å²) < 4.78 is 20.4. The van der Waals surface area contributed by atoms with Gasteiger partial charge in [-0.1, -0.05) is 5.21 Å². The largest absolute Gasteiger partial charge is 0.459 e. The minimum Gasteiger partial charge on any atom is -0.459 e. The number of hydrogen-bond donors (Lipinski definition) is 0. The van der Waals surface area contributed by atoms with E-state index in [9.17, 15) is 14.0 Å². The molecule has 24 heavy (non-hydrogen) atoms. The topological polar surface area (TPSA) is 84.5 Å². The van der Waals surface area contributed by atoms with E-state index in [1.807, 2.05) is 0 Å². The number of carbonyl (C=O) groups excluding carboxylic acids is 2. The first kappa shape index (κ1) is 16.2. The smallest absolute Gasteiger partial charge is 0.289 e. The summed E-state index contributed by atoms with van der Waals surface area (Å²) in [6, 6.07) is 2.79. The third-order valence-corrected chi connectivity index (χ3v) is 3.92. The molecule has 2 aromatic rings. The molecule has 128 valence electrons. The fourth-order valence-electron chi connectivity index (χ4n) is 2.75. The molecule has 0 bridgehead atoms. The number of aromatic nitrogens is 3. The molecule has 2 atom stereocenters. The van der Waals surface area contributed by atoms with Gasteiger partial charge in [0, 0.05) is 20.5 Å². The number of likely N-dealkylation sites (tertiary alicyclic amines) is 1. The fourth-order valence-corrected chi connectivity index (χ4v) is 2.75. The van der Waals surface area contributed by atoms with E-state index in [2.05, 4.69) is 10.3 Å². The molecule has 0 spiro atoms. The molecule has 0 aromatic carbocycles. The first-order valence-corrected chi connectivity index (χ1v) is 7.56. The van der Waals surface area contributed by atoms with Crippen LogP contribution in [0.1, 0.15) is 27.5 Å². The van der Waals surface area contributed by atoms with Gasteiger partial charge in [0.1, 0.15) is 6.17 Å². The van der Waals surface area contributed by atoms with Crippen molar-refractivity contribution in [1.29, 1.82) is 0 Å². The molecule has 0 aliphatic carbocycles. The van der Waals surface area contributed by atoms with Gasteiger partial charge in [-0.3, -0.25) is 9.59 Å². The van der Waals surface area contributed by atoms with Crippen molar-refractivity contribution in [3.8, 4) is 0 Å². The summed E-state index contributed by atoms with van der Waals surface area (Å²) in [4.78, 5) is 27.1. The van der Waals surface area contributed by atoms with Crippen molar-refractivity contribution in [3.63, 3.8) is 0 Å². The molecule has 0 unspecified atom stereocenters. The standard InChI is InChI=1S/C15H18FN5O3/c1-19(2)14(22)12-9-20(18-17-12)8-11-6-10(16)7-21(11)15(23)13-4-3-5-24-13/h3-5,9-11H,6-8H2,1-2H3/t10-,11-/m0/s1. The zero-order chi connectivity index (χ0) is 17.3. The number of hydrogen-bond acceptors (Lipinski definition) is 5. The molecule has 1 aliphatic rings. The summed E-state index contributed by atoms with van der Waals surface area (Å²) in [5, 5.41) is 7.72. The van der Waals surface area contributed by atoms with Crippen LogP contribution >= 0.6 is 0 Å². The van der Waals surface area contributed by atoms with Crippen LogP contribution in [0.3, 0.4) is 0 Å². The van der Waals surface area contributed by atoms with E-state index in [0.29, 0.717) is 0 Å². The van der Waals surface area contributed by atoms with Crippen LogP contribution in [0.2, 0.25) is 0 Å². The van der Waals surface area contributed by atoms with Crippen LogP contribution in [-0.2, 0) is 6.54 Å². The molecule has 0 N–H and O–H groups in total. The highest BCUT2D eigenvalue weighted by molar-refractivity contribution is 5.92. The Morgan fingerprint density at radius 2 is 2.25 bits per heavy atom. The zero-order valence-electron chi connectivity index (χ0n) is 13.4. The van der Waals surface area contributed by atoms with Crippen molar-refractivity contribution in [2.75, 3.05) is 20.6 Å². The average molecular weight is 335 g/mol. The minimum absolute atomic E-state index is 0.0163. The third kappa shape index (κ3) is 3.15. The predicted octanol–water partition coefficient (Wildman–Crippen LogP) is 0.826. The van der Waals surface area contributed by atoms with E-state index in [1.54, 1.807) is 26.2 Å². The van der Waals surface area contributed by atoms with Crippen molar-refractivity contribution < 1.29 is 18.4 Å². The third-order valence-electron chi connectivity index (χ3n) is 3.92. The molecule has 1 aliphatic heterocycles. The predicted molar refractivity (Wildman–Crippen MR) is 81.1 cm³/mol. The van der Waals surface area contributed by atoms with E-state index in [0.717, 1.165) is 0 Å². The molecule has 8 nitrogen and oxygen atoms in total. The van der Waals surface area contributed by atoms with Crippen molar-refractivity contribution in [2.24, 2.45) is 0 Å². The van der Waals surface area contributed by atoms with Crippen molar-refractivity contribution >= 4 is 11.8 Å². The maximum Gasteiger partial charge on any atom is 0.289 e. The summed E-state index contributed by atoms with van der Waals surface area (Å²) in [7, 11) is 3.24. The Kier molecular flexibility index (Phi) is 4.32. The van der Waals surface area contributed by atoms with E-state index >= 15 is 0 Å². The molecule has 3 heterocycles. The maximum atomic E-state index is 13.8. The molecular weight excluding hydrogens is 317 g/mol. The SMILES string of the molecule is CN(C)C(=O)c1cn(C[C@@H]2C[C@H](F)CN2C(=O)c2ccco2)nn1. The van der Waals surface area contributed by atoms with Gasteiger partial charge in [0.2, 0.25) is 0 Å². The second-order valence-corrected chi connectivity index (χ2v) is 5.95. The summed E-state index contributed by atoms with van der Waals surface area (Å²) in [5.74, 6) is -0.439. The highest BCUT2D eigenvalue weighted by atomic mass is 19.1. The van der Waals surface area contributed by atoms with Crippen molar-refractivity contribution in [3.05, 3.63) is 36.0 Å². The molecule has 3 rings (SSSR count). The maximum absolute atomic E-state index is 13.8. The molecular formula is C15H18FN5O3. The fraction of sp³-hybridized carbons (Fsp3) is 0.467. The highest BCUT2D eigenvalue weighted by Gasteiger charge is 2.37. The summed E-state index contributed by atoms with van der Waals surface area (Å²) in [5.41, 5.74) is 0.207. The first-order chi connectivity index (χ1) is 11.5. The number of alkyl halides is 1. The van der Waals surface area contributed by atoms with Crippen molar-refractivity contribution in [1.82, 2.24) is 24.8 Å². The Bertz CT molecular complexity index is 727. The van der Waals surface area contributed by atoms with Gasteiger partial charge in [0.05, 0.1) is 31.6 Å².